The summed E-state index contributed by atoms with van der Waals surface area (Å²) < 4.78 is 0. The van der Waals surface area contributed by atoms with Gasteiger partial charge in [0.25, 0.3) is 0 Å². The van der Waals surface area contributed by atoms with Gasteiger partial charge in [0, 0.05) is 13.2 Å². The summed E-state index contributed by atoms with van der Waals surface area (Å²) in [6.07, 6.45) is 1.90. The third kappa shape index (κ3) is 4.51. The zero-order valence-corrected chi connectivity index (χ0v) is 11.2. The first-order valence-electron chi connectivity index (χ1n) is 6.86. The highest BCUT2D eigenvalue weighted by molar-refractivity contribution is 5.63. The van der Waals surface area contributed by atoms with Gasteiger partial charge in [-0.2, -0.15) is 0 Å². The van der Waals surface area contributed by atoms with Crippen LogP contribution in [0.3, 0.4) is 0 Å². The number of unbranched alkanes of at least 4 members (excludes halogenated alkanes) is 1. The van der Waals surface area contributed by atoms with Crippen molar-refractivity contribution >= 4 is 0 Å². The quantitative estimate of drug-likeness (QED) is 0.745. The van der Waals surface area contributed by atoms with Gasteiger partial charge in [0.15, 0.2) is 0 Å². The molecule has 2 rings (SSSR count). The summed E-state index contributed by atoms with van der Waals surface area (Å²) in [6, 6.07) is 19.1. The van der Waals surface area contributed by atoms with E-state index in [4.69, 9.17) is 5.11 Å². The van der Waals surface area contributed by atoms with E-state index in [1.807, 2.05) is 6.07 Å². The van der Waals surface area contributed by atoms with Gasteiger partial charge in [-0.05, 0) is 36.1 Å². The zero-order chi connectivity index (χ0) is 13.3. The van der Waals surface area contributed by atoms with Gasteiger partial charge in [0.2, 0.25) is 0 Å². The summed E-state index contributed by atoms with van der Waals surface area (Å²) in [5, 5.41) is 12.1. The Kier molecular flexibility index (Phi) is 5.60. The Bertz CT molecular complexity index is 464. The van der Waals surface area contributed by atoms with Gasteiger partial charge in [-0.1, -0.05) is 54.6 Å². The minimum atomic E-state index is 0.285. The minimum absolute atomic E-state index is 0.285. The van der Waals surface area contributed by atoms with Gasteiger partial charge < -0.3 is 10.4 Å². The number of aliphatic hydroxyl groups excluding tert-OH is 1. The fraction of sp³-hybridized carbons (Fsp3) is 0.294. The largest absolute Gasteiger partial charge is 0.396 e. The van der Waals surface area contributed by atoms with Crippen LogP contribution in [0.1, 0.15) is 18.4 Å². The molecule has 0 bridgehead atoms. The van der Waals surface area contributed by atoms with E-state index < -0.39 is 0 Å². The number of hydrogen-bond donors (Lipinski definition) is 2. The third-order valence-electron chi connectivity index (χ3n) is 3.15. The maximum atomic E-state index is 8.69. The highest BCUT2D eigenvalue weighted by atomic mass is 16.2. The molecule has 2 heteroatoms. The maximum absolute atomic E-state index is 8.69. The lowest BCUT2D eigenvalue weighted by Gasteiger charge is -2.06. The van der Waals surface area contributed by atoms with E-state index in [2.05, 4.69) is 53.8 Å². The molecule has 0 aromatic heterocycles. The molecule has 0 aliphatic carbocycles. The van der Waals surface area contributed by atoms with Crippen LogP contribution in [0.2, 0.25) is 0 Å². The lowest BCUT2D eigenvalue weighted by Crippen LogP contribution is -2.14. The Balaban J connectivity index is 1.85. The van der Waals surface area contributed by atoms with Gasteiger partial charge in [0.05, 0.1) is 0 Å². The van der Waals surface area contributed by atoms with E-state index in [1.165, 1.54) is 16.7 Å². The molecule has 0 aliphatic rings. The third-order valence-corrected chi connectivity index (χ3v) is 3.15. The molecule has 0 spiro atoms. The smallest absolute Gasteiger partial charge is 0.0431 e. The SMILES string of the molecule is OCCCCNCc1ccc(-c2ccccc2)cc1. The van der Waals surface area contributed by atoms with E-state index in [0.717, 1.165) is 25.9 Å². The fourth-order valence-electron chi connectivity index (χ4n) is 2.04. The molecule has 2 N–H and O–H groups in total. The van der Waals surface area contributed by atoms with Crippen molar-refractivity contribution in [1.29, 1.82) is 0 Å². The lowest BCUT2D eigenvalue weighted by atomic mass is 10.0. The topological polar surface area (TPSA) is 32.3 Å². The molecule has 0 fully saturated rings. The molecule has 0 amide bonds. The molecule has 2 aromatic carbocycles. The molecule has 0 heterocycles. The standard InChI is InChI=1S/C17H21NO/c19-13-5-4-12-18-14-15-8-10-17(11-9-15)16-6-2-1-3-7-16/h1-3,6-11,18-19H,4-5,12-14H2. The van der Waals surface area contributed by atoms with Crippen LogP contribution in [-0.4, -0.2) is 18.3 Å². The Labute approximate surface area is 115 Å². The summed E-state index contributed by atoms with van der Waals surface area (Å²) >= 11 is 0. The molecule has 0 unspecified atom stereocenters. The predicted octanol–water partition coefficient (Wildman–Crippen LogP) is 3.22. The molecule has 19 heavy (non-hydrogen) atoms. The van der Waals surface area contributed by atoms with Crippen LogP contribution in [0.25, 0.3) is 11.1 Å². The molecule has 0 atom stereocenters. The summed E-state index contributed by atoms with van der Waals surface area (Å²) in [7, 11) is 0. The molecular weight excluding hydrogens is 234 g/mol. The van der Waals surface area contributed by atoms with Crippen LogP contribution >= 0.6 is 0 Å². The second-order valence-corrected chi connectivity index (χ2v) is 4.67. The highest BCUT2D eigenvalue weighted by Crippen LogP contribution is 2.19. The van der Waals surface area contributed by atoms with Gasteiger partial charge in [0.1, 0.15) is 0 Å². The fourth-order valence-corrected chi connectivity index (χ4v) is 2.04. The molecule has 2 nitrogen and oxygen atoms in total. The molecule has 0 saturated heterocycles. The van der Waals surface area contributed by atoms with Crippen molar-refractivity contribution in [1.82, 2.24) is 5.32 Å². The number of nitrogens with one attached hydrogen (secondary N) is 1. The molecule has 0 aliphatic heterocycles. The second kappa shape index (κ2) is 7.72. The average molecular weight is 255 g/mol. The van der Waals surface area contributed by atoms with Crippen LogP contribution in [0.5, 0.6) is 0 Å². The van der Waals surface area contributed by atoms with E-state index in [-0.39, 0.29) is 6.61 Å². The first kappa shape index (κ1) is 13.8. The van der Waals surface area contributed by atoms with E-state index in [1.54, 1.807) is 0 Å². The van der Waals surface area contributed by atoms with E-state index in [0.29, 0.717) is 0 Å². The van der Waals surface area contributed by atoms with Crippen LogP contribution in [0.4, 0.5) is 0 Å². The van der Waals surface area contributed by atoms with Crippen molar-refractivity contribution < 1.29 is 5.11 Å². The molecule has 100 valence electrons. The normalized spacial score (nSPS) is 10.6. The first-order valence-corrected chi connectivity index (χ1v) is 6.86. The molecule has 2 aromatic rings. The van der Waals surface area contributed by atoms with E-state index in [9.17, 15) is 0 Å². The van der Waals surface area contributed by atoms with Crippen molar-refractivity contribution in [2.45, 2.75) is 19.4 Å². The average Bonchev–Trinajstić information content (AvgIpc) is 2.49. The predicted molar refractivity (Wildman–Crippen MR) is 79.9 cm³/mol. The van der Waals surface area contributed by atoms with Crippen molar-refractivity contribution in [2.24, 2.45) is 0 Å². The van der Waals surface area contributed by atoms with Gasteiger partial charge in [-0.15, -0.1) is 0 Å². The Morgan fingerprint density at radius 2 is 1.47 bits per heavy atom. The Hall–Kier alpha value is -1.64. The number of aliphatic hydroxyl groups is 1. The highest BCUT2D eigenvalue weighted by Gasteiger charge is 1.97. The summed E-state index contributed by atoms with van der Waals surface area (Å²) in [4.78, 5) is 0. The Morgan fingerprint density at radius 3 is 2.16 bits per heavy atom. The molecule has 0 saturated carbocycles. The van der Waals surface area contributed by atoms with Crippen molar-refractivity contribution in [3.8, 4) is 11.1 Å². The van der Waals surface area contributed by atoms with Gasteiger partial charge in [-0.25, -0.2) is 0 Å². The first-order chi connectivity index (χ1) is 9.40. The lowest BCUT2D eigenvalue weighted by molar-refractivity contribution is 0.283. The second-order valence-electron chi connectivity index (χ2n) is 4.67. The van der Waals surface area contributed by atoms with Crippen LogP contribution < -0.4 is 5.32 Å². The van der Waals surface area contributed by atoms with E-state index >= 15 is 0 Å². The maximum Gasteiger partial charge on any atom is 0.0431 e. The van der Waals surface area contributed by atoms with Crippen LogP contribution in [-0.2, 0) is 6.54 Å². The number of hydrogen-bond acceptors (Lipinski definition) is 2. The number of benzene rings is 2. The van der Waals surface area contributed by atoms with Crippen molar-refractivity contribution in [3.63, 3.8) is 0 Å². The van der Waals surface area contributed by atoms with Crippen LogP contribution in [0, 0.1) is 0 Å². The van der Waals surface area contributed by atoms with Gasteiger partial charge >= 0.3 is 0 Å². The molecule has 0 radical (unpaired) electrons. The van der Waals surface area contributed by atoms with Crippen LogP contribution in [0.15, 0.2) is 54.6 Å². The monoisotopic (exact) mass is 255 g/mol. The van der Waals surface area contributed by atoms with Crippen molar-refractivity contribution in [3.05, 3.63) is 60.2 Å². The zero-order valence-electron chi connectivity index (χ0n) is 11.2. The summed E-state index contributed by atoms with van der Waals surface area (Å²) in [5.41, 5.74) is 3.80. The number of rotatable bonds is 7. The molecular formula is C17H21NO. The summed E-state index contributed by atoms with van der Waals surface area (Å²) in [6.45, 7) is 2.13. The van der Waals surface area contributed by atoms with Gasteiger partial charge in [-0.3, -0.25) is 0 Å². The van der Waals surface area contributed by atoms with Crippen molar-refractivity contribution in [2.75, 3.05) is 13.2 Å². The Morgan fingerprint density at radius 1 is 0.789 bits per heavy atom. The minimum Gasteiger partial charge on any atom is -0.396 e. The summed E-state index contributed by atoms with van der Waals surface area (Å²) in [5.74, 6) is 0.